The number of benzene rings is 1. The molecule has 0 spiro atoms. The first kappa shape index (κ1) is 26.7. The molecule has 4 rings (SSSR count). The summed E-state index contributed by atoms with van der Waals surface area (Å²) in [6, 6.07) is 5.74. The summed E-state index contributed by atoms with van der Waals surface area (Å²) in [5.74, 6) is 1.75. The molecule has 1 aliphatic heterocycles. The second-order valence-corrected chi connectivity index (χ2v) is 10.2. The number of carbonyl (C=O) groups excluding carboxylic acids is 2. The highest BCUT2D eigenvalue weighted by atomic mass is 16.5. The molecule has 0 radical (unpaired) electrons. The number of hydrogen-bond acceptors (Lipinski definition) is 8. The summed E-state index contributed by atoms with van der Waals surface area (Å²) in [5, 5.41) is 3.27. The van der Waals surface area contributed by atoms with E-state index in [1.807, 2.05) is 27.2 Å². The summed E-state index contributed by atoms with van der Waals surface area (Å²) in [4.78, 5) is 42.7. The van der Waals surface area contributed by atoms with Crippen molar-refractivity contribution in [3.05, 3.63) is 30.0 Å². The Morgan fingerprint density at radius 3 is 2.65 bits per heavy atom. The highest BCUT2D eigenvalue weighted by Gasteiger charge is 2.31. The van der Waals surface area contributed by atoms with Crippen LogP contribution < -0.4 is 19.9 Å². The predicted molar refractivity (Wildman–Crippen MR) is 146 cm³/mol. The maximum Gasteiger partial charge on any atom is 0.253 e. The lowest BCUT2D eigenvalue weighted by molar-refractivity contribution is -0.118. The lowest BCUT2D eigenvalue weighted by atomic mass is 10.1. The molecule has 1 fully saturated rings. The Bertz CT molecular complexity index is 1120. The molecule has 2 heterocycles. The van der Waals surface area contributed by atoms with Gasteiger partial charge in [-0.2, -0.15) is 4.98 Å². The monoisotopic (exact) mass is 509 g/mol. The first-order valence-electron chi connectivity index (χ1n) is 13.0. The summed E-state index contributed by atoms with van der Waals surface area (Å²) < 4.78 is 5.61. The van der Waals surface area contributed by atoms with E-state index in [4.69, 9.17) is 9.72 Å². The number of hydrogen-bond donors (Lipinski definition) is 1. The zero-order chi connectivity index (χ0) is 26.5. The van der Waals surface area contributed by atoms with Crippen molar-refractivity contribution >= 4 is 35.0 Å². The SMILES string of the molecule is COc1cc(C(=O)N(C)CCCN(C)C)ccc1Nc1ncc2c(n1)N(C1CCCC1)CCC(=O)N2C. The Morgan fingerprint density at radius 1 is 1.19 bits per heavy atom. The van der Waals surface area contributed by atoms with Crippen LogP contribution >= 0.6 is 0 Å². The highest BCUT2D eigenvalue weighted by molar-refractivity contribution is 5.97. The van der Waals surface area contributed by atoms with Gasteiger partial charge in [0.15, 0.2) is 5.82 Å². The quantitative estimate of drug-likeness (QED) is 0.550. The van der Waals surface area contributed by atoms with Crippen LogP contribution in [0.2, 0.25) is 0 Å². The minimum Gasteiger partial charge on any atom is -0.495 e. The summed E-state index contributed by atoms with van der Waals surface area (Å²) in [5.41, 5.74) is 1.95. The van der Waals surface area contributed by atoms with Gasteiger partial charge in [-0.3, -0.25) is 9.59 Å². The normalized spacial score (nSPS) is 16.1. The van der Waals surface area contributed by atoms with Gasteiger partial charge < -0.3 is 29.7 Å². The molecule has 0 atom stereocenters. The predicted octanol–water partition coefficient (Wildman–Crippen LogP) is 3.37. The molecule has 10 nitrogen and oxygen atoms in total. The van der Waals surface area contributed by atoms with E-state index in [2.05, 4.69) is 20.1 Å². The number of carbonyl (C=O) groups is 2. The first-order chi connectivity index (χ1) is 17.8. The maximum atomic E-state index is 12.9. The molecule has 1 N–H and O–H groups in total. The standard InChI is InChI=1S/C27H39N7O3/c1-31(2)14-8-15-32(3)26(36)19-11-12-21(23(17-19)37-5)29-27-28-18-22-25(30-27)34(20-9-6-7-10-20)16-13-24(35)33(22)4/h11-12,17-18,20H,6-10,13-16H2,1-5H3,(H,28,29,30). The molecule has 2 amide bonds. The van der Waals surface area contributed by atoms with Crippen LogP contribution in [-0.4, -0.2) is 92.6 Å². The molecular weight excluding hydrogens is 470 g/mol. The first-order valence-corrected chi connectivity index (χ1v) is 13.0. The average molecular weight is 510 g/mol. The van der Waals surface area contributed by atoms with Gasteiger partial charge >= 0.3 is 0 Å². The van der Waals surface area contributed by atoms with Gasteiger partial charge in [0.05, 0.1) is 19.0 Å². The van der Waals surface area contributed by atoms with Crippen molar-refractivity contribution in [1.29, 1.82) is 0 Å². The summed E-state index contributed by atoms with van der Waals surface area (Å²) in [6.07, 6.45) is 7.68. The lowest BCUT2D eigenvalue weighted by Crippen LogP contribution is -2.34. The molecule has 10 heteroatoms. The smallest absolute Gasteiger partial charge is 0.253 e. The van der Waals surface area contributed by atoms with Crippen LogP contribution in [0.25, 0.3) is 0 Å². The van der Waals surface area contributed by atoms with Gasteiger partial charge in [-0.1, -0.05) is 12.8 Å². The van der Waals surface area contributed by atoms with Gasteiger partial charge in [-0.25, -0.2) is 4.98 Å². The Labute approximate surface area is 219 Å². The summed E-state index contributed by atoms with van der Waals surface area (Å²) >= 11 is 0. The molecule has 1 aromatic carbocycles. The van der Waals surface area contributed by atoms with Gasteiger partial charge in [0, 0.05) is 45.2 Å². The number of rotatable bonds is 9. The molecule has 0 saturated heterocycles. The third-order valence-corrected chi connectivity index (χ3v) is 7.23. The van der Waals surface area contributed by atoms with Crippen LogP contribution in [0.1, 0.15) is 48.9 Å². The van der Waals surface area contributed by atoms with Crippen molar-refractivity contribution < 1.29 is 14.3 Å². The van der Waals surface area contributed by atoms with Crippen LogP contribution in [-0.2, 0) is 4.79 Å². The largest absolute Gasteiger partial charge is 0.495 e. The minimum absolute atomic E-state index is 0.0511. The highest BCUT2D eigenvalue weighted by Crippen LogP contribution is 2.37. The molecule has 200 valence electrons. The number of aromatic nitrogens is 2. The molecule has 1 aliphatic carbocycles. The van der Waals surface area contributed by atoms with E-state index in [0.717, 1.165) is 37.3 Å². The van der Waals surface area contributed by atoms with Crippen LogP contribution in [0.15, 0.2) is 24.4 Å². The number of nitrogens with zero attached hydrogens (tertiary/aromatic N) is 6. The Kier molecular flexibility index (Phi) is 8.48. The summed E-state index contributed by atoms with van der Waals surface area (Å²) in [6.45, 7) is 2.25. The number of anilines is 4. The van der Waals surface area contributed by atoms with E-state index in [1.165, 1.54) is 12.8 Å². The molecule has 1 aromatic heterocycles. The molecule has 0 unspecified atom stereocenters. The fraction of sp³-hybridized carbons (Fsp3) is 0.556. The topological polar surface area (TPSA) is 94.1 Å². The van der Waals surface area contributed by atoms with Gasteiger partial charge in [-0.15, -0.1) is 0 Å². The van der Waals surface area contributed by atoms with Gasteiger partial charge in [0.2, 0.25) is 11.9 Å². The minimum atomic E-state index is -0.0511. The van der Waals surface area contributed by atoms with Crippen molar-refractivity contribution in [2.75, 3.05) is 70.1 Å². The van der Waals surface area contributed by atoms with Crippen molar-refractivity contribution in [1.82, 2.24) is 19.8 Å². The maximum absolute atomic E-state index is 12.9. The zero-order valence-electron chi connectivity index (χ0n) is 22.7. The third kappa shape index (κ3) is 6.12. The van der Waals surface area contributed by atoms with E-state index in [9.17, 15) is 9.59 Å². The van der Waals surface area contributed by atoms with Crippen molar-refractivity contribution in [3.63, 3.8) is 0 Å². The second-order valence-electron chi connectivity index (χ2n) is 10.2. The van der Waals surface area contributed by atoms with Crippen LogP contribution in [0.5, 0.6) is 5.75 Å². The zero-order valence-corrected chi connectivity index (χ0v) is 22.7. The fourth-order valence-electron chi connectivity index (χ4n) is 5.06. The second kappa shape index (κ2) is 11.8. The molecule has 0 bridgehead atoms. The van der Waals surface area contributed by atoms with Gasteiger partial charge in [0.1, 0.15) is 11.4 Å². The van der Waals surface area contributed by atoms with E-state index < -0.39 is 0 Å². The van der Waals surface area contributed by atoms with E-state index in [0.29, 0.717) is 48.5 Å². The third-order valence-electron chi connectivity index (χ3n) is 7.23. The van der Waals surface area contributed by atoms with Gasteiger partial charge in [0.25, 0.3) is 5.91 Å². The molecule has 2 aliphatic rings. The number of methoxy groups -OCH3 is 1. The van der Waals surface area contributed by atoms with Crippen LogP contribution in [0.3, 0.4) is 0 Å². The Balaban J connectivity index is 1.55. The molecule has 2 aromatic rings. The van der Waals surface area contributed by atoms with Crippen molar-refractivity contribution in [2.45, 2.75) is 44.6 Å². The fourth-order valence-corrected chi connectivity index (χ4v) is 5.06. The van der Waals surface area contributed by atoms with Crippen molar-refractivity contribution in [3.8, 4) is 5.75 Å². The molecule has 1 saturated carbocycles. The number of amides is 2. The van der Waals surface area contributed by atoms with E-state index in [1.54, 1.807) is 42.3 Å². The lowest BCUT2D eigenvalue weighted by Gasteiger charge is -2.30. The number of fused-ring (bicyclic) bond motifs is 1. The number of ether oxygens (including phenoxy) is 1. The van der Waals surface area contributed by atoms with Crippen LogP contribution in [0, 0.1) is 0 Å². The Morgan fingerprint density at radius 2 is 1.95 bits per heavy atom. The van der Waals surface area contributed by atoms with E-state index in [-0.39, 0.29) is 11.8 Å². The van der Waals surface area contributed by atoms with Crippen LogP contribution in [0.4, 0.5) is 23.1 Å². The average Bonchev–Trinajstić information content (AvgIpc) is 3.39. The van der Waals surface area contributed by atoms with E-state index >= 15 is 0 Å². The van der Waals surface area contributed by atoms with Crippen molar-refractivity contribution in [2.24, 2.45) is 0 Å². The molecule has 37 heavy (non-hydrogen) atoms. The number of nitrogens with one attached hydrogen (secondary N) is 1. The summed E-state index contributed by atoms with van der Waals surface area (Å²) in [7, 11) is 9.23. The Hall–Kier alpha value is -3.40. The molecular formula is C27H39N7O3. The van der Waals surface area contributed by atoms with Gasteiger partial charge in [-0.05, 0) is 58.1 Å².